The Morgan fingerprint density at radius 2 is 2.55 bits per heavy atom. The maximum Gasteiger partial charge on any atom is 0.144 e. The van der Waals surface area contributed by atoms with E-state index >= 15 is 0 Å². The van der Waals surface area contributed by atoms with E-state index in [1.165, 1.54) is 12.5 Å². The topological polar surface area (TPSA) is 66.6 Å². The van der Waals surface area contributed by atoms with Crippen molar-refractivity contribution in [2.45, 2.75) is 5.92 Å². The van der Waals surface area contributed by atoms with E-state index in [1.807, 2.05) is 6.07 Å². The van der Waals surface area contributed by atoms with Crippen molar-refractivity contribution in [3.8, 4) is 6.07 Å². The van der Waals surface area contributed by atoms with Crippen molar-refractivity contribution in [2.24, 2.45) is 0 Å². The van der Waals surface area contributed by atoms with Gasteiger partial charge in [-0.3, -0.25) is 0 Å². The number of hydrogen-bond donors (Lipinski definition) is 0. The second kappa shape index (κ2) is 3.42. The zero-order chi connectivity index (χ0) is 8.10. The molecule has 4 heteroatoms. The molecule has 0 aliphatic carbocycles. The van der Waals surface area contributed by atoms with Gasteiger partial charge >= 0.3 is 0 Å². The quantitative estimate of drug-likeness (QED) is 0.563. The van der Waals surface area contributed by atoms with Crippen molar-refractivity contribution >= 4 is 6.29 Å². The first kappa shape index (κ1) is 7.35. The summed E-state index contributed by atoms with van der Waals surface area (Å²) in [5.41, 5.74) is 0.442. The second-order valence-corrected chi connectivity index (χ2v) is 1.88. The Morgan fingerprint density at radius 3 is 3.00 bits per heavy atom. The van der Waals surface area contributed by atoms with Crippen molar-refractivity contribution in [3.63, 3.8) is 0 Å². The zero-order valence-corrected chi connectivity index (χ0v) is 5.64. The molecule has 1 aromatic rings. The Kier molecular flexibility index (Phi) is 2.28. The third kappa shape index (κ3) is 1.58. The van der Waals surface area contributed by atoms with E-state index in [2.05, 4.69) is 9.97 Å². The Labute approximate surface area is 63.5 Å². The number of nitrogens with zero attached hydrogens (tertiary/aromatic N) is 3. The minimum atomic E-state index is -0.766. The van der Waals surface area contributed by atoms with Crippen LogP contribution in [0.15, 0.2) is 18.6 Å². The summed E-state index contributed by atoms with van der Waals surface area (Å²) in [6.45, 7) is 0. The van der Waals surface area contributed by atoms with Crippen molar-refractivity contribution in [2.75, 3.05) is 0 Å². The normalized spacial score (nSPS) is 11.5. The van der Waals surface area contributed by atoms with Crippen LogP contribution < -0.4 is 0 Å². The largest absolute Gasteiger partial charge is 0.301 e. The number of aldehydes is 1. The highest BCUT2D eigenvalue weighted by Crippen LogP contribution is 2.06. The number of rotatable bonds is 2. The lowest BCUT2D eigenvalue weighted by atomic mass is 10.1. The molecule has 0 aliphatic heterocycles. The van der Waals surface area contributed by atoms with Crippen LogP contribution in [0.4, 0.5) is 0 Å². The molecular weight excluding hydrogens is 142 g/mol. The fraction of sp³-hybridized carbons (Fsp3) is 0.143. The van der Waals surface area contributed by atoms with Gasteiger partial charge in [-0.15, -0.1) is 0 Å². The number of aromatic nitrogens is 2. The molecule has 1 aromatic heterocycles. The van der Waals surface area contributed by atoms with Crippen molar-refractivity contribution in [1.29, 1.82) is 5.26 Å². The number of nitriles is 1. The lowest BCUT2D eigenvalue weighted by molar-refractivity contribution is -0.108. The first-order chi connectivity index (χ1) is 5.38. The number of carbonyl (C=O) groups is 1. The van der Waals surface area contributed by atoms with E-state index in [0.29, 0.717) is 12.0 Å². The summed E-state index contributed by atoms with van der Waals surface area (Å²) in [7, 11) is 0. The Bertz CT molecular complexity index is 277. The van der Waals surface area contributed by atoms with Gasteiger partial charge in [0.25, 0.3) is 0 Å². The fourth-order valence-corrected chi connectivity index (χ4v) is 0.651. The van der Waals surface area contributed by atoms with Gasteiger partial charge in [-0.1, -0.05) is 0 Å². The van der Waals surface area contributed by atoms with Gasteiger partial charge < -0.3 is 4.79 Å². The lowest BCUT2D eigenvalue weighted by Gasteiger charge is -1.96. The molecule has 0 fully saturated rings. The summed E-state index contributed by atoms with van der Waals surface area (Å²) < 4.78 is 0. The van der Waals surface area contributed by atoms with E-state index in [0.717, 1.165) is 0 Å². The summed E-state index contributed by atoms with van der Waals surface area (Å²) in [6, 6.07) is 3.35. The van der Waals surface area contributed by atoms with Crippen LogP contribution in [0.3, 0.4) is 0 Å². The molecular formula is C7H5N3O. The summed E-state index contributed by atoms with van der Waals surface area (Å²) in [4.78, 5) is 17.7. The maximum absolute atomic E-state index is 10.3. The SMILES string of the molecule is N#CC(C=O)c1ccncn1. The zero-order valence-electron chi connectivity index (χ0n) is 5.64. The van der Waals surface area contributed by atoms with Crippen LogP contribution in [0, 0.1) is 11.3 Å². The average molecular weight is 147 g/mol. The second-order valence-electron chi connectivity index (χ2n) is 1.88. The van der Waals surface area contributed by atoms with Crippen molar-refractivity contribution in [3.05, 3.63) is 24.3 Å². The summed E-state index contributed by atoms with van der Waals surface area (Å²) in [5, 5.41) is 8.44. The molecule has 0 spiro atoms. The van der Waals surface area contributed by atoms with Gasteiger partial charge in [-0.2, -0.15) is 5.26 Å². The molecule has 11 heavy (non-hydrogen) atoms. The van der Waals surface area contributed by atoms with Crippen molar-refractivity contribution in [1.82, 2.24) is 9.97 Å². The van der Waals surface area contributed by atoms with E-state index in [1.54, 1.807) is 6.07 Å². The predicted octanol–water partition coefficient (Wildman–Crippen LogP) is 0.283. The molecule has 1 atom stereocenters. The highest BCUT2D eigenvalue weighted by atomic mass is 16.1. The van der Waals surface area contributed by atoms with Gasteiger partial charge in [0.05, 0.1) is 11.8 Å². The molecule has 4 nitrogen and oxygen atoms in total. The van der Waals surface area contributed by atoms with E-state index in [4.69, 9.17) is 5.26 Å². The van der Waals surface area contributed by atoms with Gasteiger partial charge in [0.1, 0.15) is 18.5 Å². The van der Waals surface area contributed by atoms with Gasteiger partial charge in [-0.05, 0) is 6.07 Å². The van der Waals surface area contributed by atoms with Crippen molar-refractivity contribution < 1.29 is 4.79 Å². The standard InChI is InChI=1S/C7H5N3O/c8-3-6(4-11)7-1-2-9-5-10-7/h1-2,4-6H. The highest BCUT2D eigenvalue weighted by Gasteiger charge is 2.08. The summed E-state index contributed by atoms with van der Waals surface area (Å²) >= 11 is 0. The van der Waals surface area contributed by atoms with Crippen LogP contribution in [0.1, 0.15) is 11.6 Å². The Hall–Kier alpha value is -1.76. The molecule has 0 saturated heterocycles. The third-order valence-corrected chi connectivity index (χ3v) is 1.20. The molecule has 0 radical (unpaired) electrons. The molecule has 0 aromatic carbocycles. The molecule has 1 heterocycles. The molecule has 0 saturated carbocycles. The van der Waals surface area contributed by atoms with E-state index in [-0.39, 0.29) is 0 Å². The Morgan fingerprint density at radius 1 is 1.73 bits per heavy atom. The van der Waals surface area contributed by atoms with Gasteiger partial charge in [0.15, 0.2) is 0 Å². The minimum absolute atomic E-state index is 0.442. The highest BCUT2D eigenvalue weighted by molar-refractivity contribution is 5.65. The monoisotopic (exact) mass is 147 g/mol. The average Bonchev–Trinajstić information content (AvgIpc) is 2.09. The summed E-state index contributed by atoms with van der Waals surface area (Å²) in [6.07, 6.45) is 3.36. The predicted molar refractivity (Wildman–Crippen MR) is 36.5 cm³/mol. The first-order valence-corrected chi connectivity index (χ1v) is 2.99. The van der Waals surface area contributed by atoms with E-state index < -0.39 is 5.92 Å². The van der Waals surface area contributed by atoms with Crippen LogP contribution in [-0.4, -0.2) is 16.3 Å². The molecule has 54 valence electrons. The van der Waals surface area contributed by atoms with Gasteiger partial charge in [0.2, 0.25) is 0 Å². The molecule has 0 bridgehead atoms. The number of carbonyl (C=O) groups excluding carboxylic acids is 1. The maximum atomic E-state index is 10.3. The smallest absolute Gasteiger partial charge is 0.144 e. The van der Waals surface area contributed by atoms with Crippen LogP contribution in [-0.2, 0) is 4.79 Å². The van der Waals surface area contributed by atoms with E-state index in [9.17, 15) is 4.79 Å². The fourth-order valence-electron chi connectivity index (χ4n) is 0.651. The summed E-state index contributed by atoms with van der Waals surface area (Å²) in [5.74, 6) is -0.766. The van der Waals surface area contributed by atoms with Crippen LogP contribution in [0.2, 0.25) is 0 Å². The lowest BCUT2D eigenvalue weighted by Crippen LogP contribution is -1.99. The molecule has 0 N–H and O–H groups in total. The molecule has 1 unspecified atom stereocenters. The minimum Gasteiger partial charge on any atom is -0.301 e. The number of hydrogen-bond acceptors (Lipinski definition) is 4. The van der Waals surface area contributed by atoms with Crippen LogP contribution >= 0.6 is 0 Å². The Balaban J connectivity index is 2.93. The molecule has 0 amide bonds. The van der Waals surface area contributed by atoms with Gasteiger partial charge in [0, 0.05) is 6.20 Å². The van der Waals surface area contributed by atoms with Crippen LogP contribution in [0.5, 0.6) is 0 Å². The third-order valence-electron chi connectivity index (χ3n) is 1.20. The van der Waals surface area contributed by atoms with Gasteiger partial charge in [-0.25, -0.2) is 9.97 Å². The first-order valence-electron chi connectivity index (χ1n) is 2.99. The molecule has 1 rings (SSSR count). The van der Waals surface area contributed by atoms with Crippen LogP contribution in [0.25, 0.3) is 0 Å². The molecule has 0 aliphatic rings.